The van der Waals surface area contributed by atoms with Crippen molar-refractivity contribution in [3.8, 4) is 5.75 Å². The van der Waals surface area contributed by atoms with Gasteiger partial charge in [-0.15, -0.1) is 10.2 Å². The van der Waals surface area contributed by atoms with Crippen LogP contribution >= 0.6 is 11.6 Å². The molecule has 1 heterocycles. The molecule has 0 aliphatic carbocycles. The third-order valence-corrected chi connectivity index (χ3v) is 2.83. The maximum atomic E-state index is 5.97. The Hall–Kier alpha value is -1.66. The van der Waals surface area contributed by atoms with Crippen molar-refractivity contribution in [2.24, 2.45) is 0 Å². The molecule has 0 saturated carbocycles. The Kier molecular flexibility index (Phi) is 4.11. The summed E-state index contributed by atoms with van der Waals surface area (Å²) in [5.41, 5.74) is 0.986. The second-order valence-corrected chi connectivity index (χ2v) is 4.27. The van der Waals surface area contributed by atoms with Gasteiger partial charge in [0.15, 0.2) is 5.82 Å². The molecule has 0 radical (unpaired) electrons. The van der Waals surface area contributed by atoms with Crippen molar-refractivity contribution in [3.63, 3.8) is 0 Å². The first-order valence-corrected chi connectivity index (χ1v) is 5.87. The lowest BCUT2D eigenvalue weighted by atomic mass is 10.2. The molecule has 0 aliphatic rings. The van der Waals surface area contributed by atoms with Crippen LogP contribution in [0.3, 0.4) is 0 Å². The molecule has 18 heavy (non-hydrogen) atoms. The number of hydrogen-bond acceptors (Lipinski definition) is 5. The van der Waals surface area contributed by atoms with Gasteiger partial charge in [-0.25, -0.2) is 0 Å². The number of benzene rings is 1. The minimum Gasteiger partial charge on any atom is -0.496 e. The maximum absolute atomic E-state index is 5.97. The molecule has 0 spiro atoms. The summed E-state index contributed by atoms with van der Waals surface area (Å²) in [5, 5.41) is 17.8. The summed E-state index contributed by atoms with van der Waals surface area (Å²) in [4.78, 5) is 0. The third kappa shape index (κ3) is 2.96. The number of nitrogens with one attached hydrogen (secondary N) is 2. The van der Waals surface area contributed by atoms with Crippen molar-refractivity contribution in [3.05, 3.63) is 34.6 Å². The minimum absolute atomic E-state index is 0.00700. The summed E-state index contributed by atoms with van der Waals surface area (Å²) in [5.74, 6) is 1.42. The van der Waals surface area contributed by atoms with Crippen molar-refractivity contribution in [1.29, 1.82) is 0 Å². The van der Waals surface area contributed by atoms with Crippen LogP contribution < -0.4 is 10.1 Å². The van der Waals surface area contributed by atoms with Gasteiger partial charge in [0.25, 0.3) is 0 Å². The summed E-state index contributed by atoms with van der Waals surface area (Å²) < 4.78 is 5.27. The number of methoxy groups -OCH3 is 1. The normalized spacial score (nSPS) is 12.4. The van der Waals surface area contributed by atoms with Gasteiger partial charge in [0.2, 0.25) is 0 Å². The van der Waals surface area contributed by atoms with Gasteiger partial charge in [-0.2, -0.15) is 5.21 Å². The molecule has 2 aromatic rings. The summed E-state index contributed by atoms with van der Waals surface area (Å²) in [6, 6.07) is 5.51. The van der Waals surface area contributed by atoms with E-state index in [1.54, 1.807) is 13.2 Å². The predicted octanol–water partition coefficient (Wildman–Crippen LogP) is 1.71. The summed E-state index contributed by atoms with van der Waals surface area (Å²) in [6.45, 7) is 2.57. The lowest BCUT2D eigenvalue weighted by Crippen LogP contribution is -2.19. The lowest BCUT2D eigenvalue weighted by molar-refractivity contribution is 0.405. The second-order valence-electron chi connectivity index (χ2n) is 3.83. The fraction of sp³-hybridized carbons (Fsp3) is 0.364. The average molecular weight is 268 g/mol. The Morgan fingerprint density at radius 3 is 3.00 bits per heavy atom. The molecule has 0 amide bonds. The Balaban J connectivity index is 2.03. The van der Waals surface area contributed by atoms with Crippen LogP contribution in [0.15, 0.2) is 18.2 Å². The van der Waals surface area contributed by atoms with E-state index in [1.807, 2.05) is 19.1 Å². The quantitative estimate of drug-likeness (QED) is 0.863. The second kappa shape index (κ2) is 5.79. The number of tetrazole rings is 1. The van der Waals surface area contributed by atoms with Crippen LogP contribution in [0.2, 0.25) is 5.02 Å². The smallest absolute Gasteiger partial charge is 0.191 e. The van der Waals surface area contributed by atoms with E-state index in [9.17, 15) is 0 Å². The van der Waals surface area contributed by atoms with E-state index in [1.165, 1.54) is 0 Å². The summed E-state index contributed by atoms with van der Waals surface area (Å²) >= 11 is 5.97. The number of aromatic amines is 1. The van der Waals surface area contributed by atoms with E-state index in [4.69, 9.17) is 16.3 Å². The number of aromatic nitrogens is 4. The number of H-pyrrole nitrogens is 1. The van der Waals surface area contributed by atoms with E-state index >= 15 is 0 Å². The van der Waals surface area contributed by atoms with Gasteiger partial charge in [0.05, 0.1) is 13.2 Å². The van der Waals surface area contributed by atoms with Crippen LogP contribution in [0, 0.1) is 0 Å². The van der Waals surface area contributed by atoms with Gasteiger partial charge in [-0.3, -0.25) is 0 Å². The SMILES string of the molecule is COc1ccc(Cl)cc1CNC(C)c1nn[nH]n1. The Morgan fingerprint density at radius 1 is 1.50 bits per heavy atom. The number of hydrogen-bond donors (Lipinski definition) is 2. The van der Waals surface area contributed by atoms with E-state index in [0.717, 1.165) is 11.3 Å². The predicted molar refractivity (Wildman–Crippen MR) is 67.4 cm³/mol. The van der Waals surface area contributed by atoms with Crippen LogP contribution in [0.1, 0.15) is 24.4 Å². The van der Waals surface area contributed by atoms with Gasteiger partial charge in [0, 0.05) is 17.1 Å². The summed E-state index contributed by atoms with van der Waals surface area (Å²) in [6.07, 6.45) is 0. The number of nitrogens with zero attached hydrogens (tertiary/aromatic N) is 3. The highest BCUT2D eigenvalue weighted by Crippen LogP contribution is 2.23. The highest BCUT2D eigenvalue weighted by atomic mass is 35.5. The Bertz CT molecular complexity index is 502. The zero-order chi connectivity index (χ0) is 13.0. The number of rotatable bonds is 5. The monoisotopic (exact) mass is 267 g/mol. The van der Waals surface area contributed by atoms with Crippen LogP contribution in [0.5, 0.6) is 5.75 Å². The molecule has 7 heteroatoms. The number of halogens is 1. The molecule has 2 N–H and O–H groups in total. The fourth-order valence-electron chi connectivity index (χ4n) is 1.59. The van der Waals surface area contributed by atoms with Gasteiger partial charge >= 0.3 is 0 Å². The first kappa shape index (κ1) is 12.8. The molecule has 0 bridgehead atoms. The van der Waals surface area contributed by atoms with Crippen molar-refractivity contribution >= 4 is 11.6 Å². The van der Waals surface area contributed by atoms with Crippen LogP contribution in [0.4, 0.5) is 0 Å². The highest BCUT2D eigenvalue weighted by Gasteiger charge is 2.11. The van der Waals surface area contributed by atoms with E-state index in [0.29, 0.717) is 17.4 Å². The third-order valence-electron chi connectivity index (χ3n) is 2.59. The van der Waals surface area contributed by atoms with Crippen molar-refractivity contribution in [2.45, 2.75) is 19.5 Å². The van der Waals surface area contributed by atoms with Gasteiger partial charge < -0.3 is 10.1 Å². The van der Waals surface area contributed by atoms with E-state index < -0.39 is 0 Å². The zero-order valence-electron chi connectivity index (χ0n) is 10.1. The van der Waals surface area contributed by atoms with E-state index in [2.05, 4.69) is 25.9 Å². The maximum Gasteiger partial charge on any atom is 0.191 e. The summed E-state index contributed by atoms with van der Waals surface area (Å²) in [7, 11) is 1.63. The highest BCUT2D eigenvalue weighted by molar-refractivity contribution is 6.30. The Morgan fingerprint density at radius 2 is 2.33 bits per heavy atom. The molecule has 0 fully saturated rings. The van der Waals surface area contributed by atoms with E-state index in [-0.39, 0.29) is 6.04 Å². The first-order chi connectivity index (χ1) is 8.70. The average Bonchev–Trinajstić information content (AvgIpc) is 2.90. The molecular formula is C11H14ClN5O. The molecular weight excluding hydrogens is 254 g/mol. The van der Waals surface area contributed by atoms with Gasteiger partial charge in [-0.05, 0) is 25.1 Å². The first-order valence-electron chi connectivity index (χ1n) is 5.50. The van der Waals surface area contributed by atoms with Crippen molar-refractivity contribution < 1.29 is 4.74 Å². The Labute approximate surface area is 110 Å². The van der Waals surface area contributed by atoms with Gasteiger partial charge in [-0.1, -0.05) is 16.8 Å². The fourth-order valence-corrected chi connectivity index (χ4v) is 1.79. The van der Waals surface area contributed by atoms with Gasteiger partial charge in [0.1, 0.15) is 5.75 Å². The molecule has 2 rings (SSSR count). The molecule has 0 saturated heterocycles. The lowest BCUT2D eigenvalue weighted by Gasteiger charge is -2.12. The minimum atomic E-state index is -0.00700. The number of ether oxygens (including phenoxy) is 1. The molecule has 6 nitrogen and oxygen atoms in total. The van der Waals surface area contributed by atoms with Crippen LogP contribution in [0.25, 0.3) is 0 Å². The molecule has 96 valence electrons. The molecule has 1 atom stereocenters. The van der Waals surface area contributed by atoms with Crippen molar-refractivity contribution in [2.75, 3.05) is 7.11 Å². The van der Waals surface area contributed by atoms with Crippen LogP contribution in [-0.4, -0.2) is 27.7 Å². The largest absolute Gasteiger partial charge is 0.496 e. The molecule has 1 unspecified atom stereocenters. The van der Waals surface area contributed by atoms with Crippen LogP contribution in [-0.2, 0) is 6.54 Å². The topological polar surface area (TPSA) is 75.7 Å². The standard InChI is InChI=1S/C11H14ClN5O/c1-7(11-14-16-17-15-11)13-6-8-5-9(12)3-4-10(8)18-2/h3-5,7,13H,6H2,1-2H3,(H,14,15,16,17). The molecule has 0 aliphatic heterocycles. The molecule has 1 aromatic heterocycles. The zero-order valence-corrected chi connectivity index (χ0v) is 10.9. The van der Waals surface area contributed by atoms with Crippen molar-refractivity contribution in [1.82, 2.24) is 25.9 Å². The molecule has 1 aromatic carbocycles.